The van der Waals surface area contributed by atoms with Gasteiger partial charge in [0.15, 0.2) is 5.13 Å². The summed E-state index contributed by atoms with van der Waals surface area (Å²) in [6, 6.07) is 13.0. The van der Waals surface area contributed by atoms with Gasteiger partial charge in [-0.25, -0.2) is 14.2 Å². The van der Waals surface area contributed by atoms with E-state index in [-0.39, 0.29) is 11.8 Å². The highest BCUT2D eigenvalue weighted by atomic mass is 32.1. The Morgan fingerprint density at radius 2 is 2.00 bits per heavy atom. The van der Waals surface area contributed by atoms with Crippen molar-refractivity contribution in [1.82, 2.24) is 4.98 Å². The van der Waals surface area contributed by atoms with E-state index in [1.54, 1.807) is 7.11 Å². The van der Waals surface area contributed by atoms with Crippen molar-refractivity contribution < 1.29 is 13.9 Å². The molecule has 24 heavy (non-hydrogen) atoms. The Hall–Kier alpha value is -2.51. The lowest BCUT2D eigenvalue weighted by molar-refractivity contribution is 0.204. The Bertz CT molecular complexity index is 802. The van der Waals surface area contributed by atoms with Gasteiger partial charge in [-0.05, 0) is 36.4 Å². The molecule has 0 bridgehead atoms. The lowest BCUT2D eigenvalue weighted by Crippen LogP contribution is -2.37. The van der Waals surface area contributed by atoms with Crippen molar-refractivity contribution in [1.29, 1.82) is 0 Å². The number of ether oxygens (including phenoxy) is 1. The second-order valence-electron chi connectivity index (χ2n) is 5.05. The summed E-state index contributed by atoms with van der Waals surface area (Å²) >= 11 is 1.44. The zero-order valence-corrected chi connectivity index (χ0v) is 13.8. The fourth-order valence-corrected chi connectivity index (χ4v) is 3.16. The molecule has 7 heteroatoms. The first kappa shape index (κ1) is 16.4. The van der Waals surface area contributed by atoms with Crippen molar-refractivity contribution in [3.63, 3.8) is 0 Å². The summed E-state index contributed by atoms with van der Waals surface area (Å²) in [6.45, 7) is 0.746. The average molecular weight is 345 g/mol. The van der Waals surface area contributed by atoms with Gasteiger partial charge >= 0.3 is 6.03 Å². The first-order valence-electron chi connectivity index (χ1n) is 7.36. The molecule has 0 atom stereocenters. The van der Waals surface area contributed by atoms with Crippen molar-refractivity contribution in [2.24, 2.45) is 0 Å². The van der Waals surface area contributed by atoms with Crippen molar-refractivity contribution in [3.05, 3.63) is 54.3 Å². The van der Waals surface area contributed by atoms with Crippen LogP contribution in [0.4, 0.5) is 20.0 Å². The van der Waals surface area contributed by atoms with Crippen LogP contribution in [0.1, 0.15) is 0 Å². The lowest BCUT2D eigenvalue weighted by atomic mass is 10.3. The van der Waals surface area contributed by atoms with Gasteiger partial charge in [-0.2, -0.15) is 0 Å². The first-order chi connectivity index (χ1) is 11.7. The van der Waals surface area contributed by atoms with E-state index in [2.05, 4.69) is 10.3 Å². The number of benzene rings is 2. The van der Waals surface area contributed by atoms with Gasteiger partial charge in [0.1, 0.15) is 5.82 Å². The van der Waals surface area contributed by atoms with Crippen molar-refractivity contribution >= 4 is 38.4 Å². The van der Waals surface area contributed by atoms with E-state index in [0.29, 0.717) is 24.0 Å². The minimum absolute atomic E-state index is 0.335. The molecule has 124 valence electrons. The molecule has 1 aromatic heterocycles. The highest BCUT2D eigenvalue weighted by Gasteiger charge is 2.19. The Morgan fingerprint density at radius 1 is 1.25 bits per heavy atom. The van der Waals surface area contributed by atoms with Gasteiger partial charge in [-0.1, -0.05) is 23.5 Å². The van der Waals surface area contributed by atoms with Crippen LogP contribution < -0.4 is 10.2 Å². The van der Waals surface area contributed by atoms with Crippen LogP contribution in [-0.4, -0.2) is 31.3 Å². The average Bonchev–Trinajstić information content (AvgIpc) is 3.01. The molecule has 0 unspecified atom stereocenters. The molecule has 0 saturated carbocycles. The fourth-order valence-electron chi connectivity index (χ4n) is 2.17. The molecule has 2 amide bonds. The summed E-state index contributed by atoms with van der Waals surface area (Å²) in [5.74, 6) is -0.351. The Morgan fingerprint density at radius 3 is 2.71 bits per heavy atom. The van der Waals surface area contributed by atoms with Crippen LogP contribution in [0, 0.1) is 5.82 Å². The molecule has 0 spiro atoms. The summed E-state index contributed by atoms with van der Waals surface area (Å²) in [5.41, 5.74) is 1.36. The van der Waals surface area contributed by atoms with Gasteiger partial charge < -0.3 is 10.1 Å². The number of para-hydroxylation sites is 1. The van der Waals surface area contributed by atoms with Crippen LogP contribution >= 0.6 is 11.3 Å². The maximum Gasteiger partial charge on any atom is 0.328 e. The monoisotopic (exact) mass is 345 g/mol. The van der Waals surface area contributed by atoms with Gasteiger partial charge in [0.05, 0.1) is 23.4 Å². The predicted molar refractivity (Wildman–Crippen MR) is 94.3 cm³/mol. The molecular formula is C17H16FN3O2S. The molecule has 2 aromatic carbocycles. The number of anilines is 2. The molecular weight excluding hydrogens is 329 g/mol. The third-order valence-corrected chi connectivity index (χ3v) is 4.43. The van der Waals surface area contributed by atoms with Gasteiger partial charge in [0, 0.05) is 12.8 Å². The number of nitrogens with zero attached hydrogens (tertiary/aromatic N) is 2. The highest BCUT2D eigenvalue weighted by Crippen LogP contribution is 2.29. The van der Waals surface area contributed by atoms with Crippen molar-refractivity contribution in [3.8, 4) is 0 Å². The summed E-state index contributed by atoms with van der Waals surface area (Å²) in [4.78, 5) is 18.6. The largest absolute Gasteiger partial charge is 0.383 e. The van der Waals surface area contributed by atoms with E-state index in [1.165, 1.54) is 40.5 Å². The third kappa shape index (κ3) is 3.69. The molecule has 0 aliphatic carbocycles. The SMILES string of the molecule is COCCN(C(=O)Nc1ccc(F)cc1)c1nc2ccccc2s1. The number of methoxy groups -OCH3 is 1. The summed E-state index contributed by atoms with van der Waals surface area (Å²) < 4.78 is 19.1. The van der Waals surface area contributed by atoms with Crippen molar-refractivity contribution in [2.75, 3.05) is 30.5 Å². The number of fused-ring (bicyclic) bond motifs is 1. The number of hydrogen-bond donors (Lipinski definition) is 1. The van der Waals surface area contributed by atoms with E-state index in [1.807, 2.05) is 24.3 Å². The summed E-state index contributed by atoms with van der Waals surface area (Å²) in [5, 5.41) is 3.34. The van der Waals surface area contributed by atoms with Gasteiger partial charge in [0.25, 0.3) is 0 Å². The zero-order chi connectivity index (χ0) is 16.9. The molecule has 3 rings (SSSR count). The van der Waals surface area contributed by atoms with E-state index in [9.17, 15) is 9.18 Å². The lowest BCUT2D eigenvalue weighted by Gasteiger charge is -2.20. The van der Waals surface area contributed by atoms with Gasteiger partial charge in [-0.3, -0.25) is 4.90 Å². The second-order valence-corrected chi connectivity index (χ2v) is 6.05. The number of aromatic nitrogens is 1. The first-order valence-corrected chi connectivity index (χ1v) is 8.17. The maximum atomic E-state index is 13.0. The van der Waals surface area contributed by atoms with E-state index >= 15 is 0 Å². The Balaban J connectivity index is 1.84. The van der Waals surface area contributed by atoms with E-state index in [4.69, 9.17) is 4.74 Å². The van der Waals surface area contributed by atoms with E-state index < -0.39 is 0 Å². The minimum atomic E-state index is -0.351. The molecule has 0 aliphatic rings. The summed E-state index contributed by atoms with van der Waals surface area (Å²) in [7, 11) is 1.58. The zero-order valence-electron chi connectivity index (χ0n) is 13.0. The molecule has 0 aliphatic heterocycles. The summed E-state index contributed by atoms with van der Waals surface area (Å²) in [6.07, 6.45) is 0. The molecule has 0 fully saturated rings. The molecule has 3 aromatic rings. The van der Waals surface area contributed by atoms with Crippen LogP contribution in [0.2, 0.25) is 0 Å². The normalized spacial score (nSPS) is 10.8. The predicted octanol–water partition coefficient (Wildman–Crippen LogP) is 4.12. The topological polar surface area (TPSA) is 54.5 Å². The van der Waals surface area contributed by atoms with Crippen LogP contribution in [0.3, 0.4) is 0 Å². The van der Waals surface area contributed by atoms with Gasteiger partial charge in [-0.15, -0.1) is 0 Å². The number of urea groups is 1. The standard InChI is InChI=1S/C17H16FN3O2S/c1-23-11-10-21(16(22)19-13-8-6-12(18)7-9-13)17-20-14-4-2-3-5-15(14)24-17/h2-9H,10-11H2,1H3,(H,19,22). The van der Waals surface area contributed by atoms with Crippen molar-refractivity contribution in [2.45, 2.75) is 0 Å². The number of thiazole rings is 1. The molecule has 1 N–H and O–H groups in total. The molecule has 5 nitrogen and oxygen atoms in total. The number of carbonyl (C=O) groups excluding carboxylic acids is 1. The fraction of sp³-hybridized carbons (Fsp3) is 0.176. The number of nitrogens with one attached hydrogen (secondary N) is 1. The number of halogens is 1. The number of rotatable bonds is 5. The van der Waals surface area contributed by atoms with E-state index in [0.717, 1.165) is 10.2 Å². The van der Waals surface area contributed by atoms with Crippen LogP contribution in [0.15, 0.2) is 48.5 Å². The Labute approximate surface area is 142 Å². The van der Waals surface area contributed by atoms with Crippen LogP contribution in [0.25, 0.3) is 10.2 Å². The third-order valence-electron chi connectivity index (χ3n) is 3.37. The van der Waals surface area contributed by atoms with Crippen LogP contribution in [0.5, 0.6) is 0 Å². The number of carbonyl (C=O) groups is 1. The smallest absolute Gasteiger partial charge is 0.328 e. The number of hydrogen-bond acceptors (Lipinski definition) is 4. The Kier molecular flexibility index (Phi) is 5.02. The molecule has 0 saturated heterocycles. The highest BCUT2D eigenvalue weighted by molar-refractivity contribution is 7.22. The maximum absolute atomic E-state index is 13.0. The molecule has 1 heterocycles. The van der Waals surface area contributed by atoms with Gasteiger partial charge in [0.2, 0.25) is 0 Å². The molecule has 0 radical (unpaired) electrons. The quantitative estimate of drug-likeness (QED) is 0.757. The minimum Gasteiger partial charge on any atom is -0.383 e. The van der Waals surface area contributed by atoms with Crippen LogP contribution in [-0.2, 0) is 4.74 Å². The second kappa shape index (κ2) is 7.37. The number of amides is 2.